The van der Waals surface area contributed by atoms with E-state index in [9.17, 15) is 0 Å². The smallest absolute Gasteiger partial charge is 0.0822 e. The van der Waals surface area contributed by atoms with Crippen molar-refractivity contribution in [1.82, 2.24) is 0 Å². The van der Waals surface area contributed by atoms with Gasteiger partial charge in [0.2, 0.25) is 0 Å². The lowest BCUT2D eigenvalue weighted by Gasteiger charge is -2.00. The Labute approximate surface area is 126 Å². The summed E-state index contributed by atoms with van der Waals surface area (Å²) in [4.78, 5) is 19.5. The molecule has 0 heterocycles. The predicted molar refractivity (Wildman–Crippen MR) is 83.4 cm³/mol. The first-order valence-electron chi connectivity index (χ1n) is 8.32. The van der Waals surface area contributed by atoms with Crippen LogP contribution in [0.3, 0.4) is 0 Å². The van der Waals surface area contributed by atoms with Gasteiger partial charge < -0.3 is 0 Å². The summed E-state index contributed by atoms with van der Waals surface area (Å²) in [5.74, 6) is 0. The van der Waals surface area contributed by atoms with Crippen molar-refractivity contribution >= 4 is 0 Å². The van der Waals surface area contributed by atoms with E-state index in [1.54, 1.807) is 0 Å². The third-order valence-corrected chi connectivity index (χ3v) is 2.49. The zero-order valence-corrected chi connectivity index (χ0v) is 14.1. The SMILES string of the molecule is CCCCOOCCCC.CCCCOOCCCC. The van der Waals surface area contributed by atoms with Crippen LogP contribution in [0.15, 0.2) is 0 Å². The molecule has 0 unspecified atom stereocenters. The van der Waals surface area contributed by atoms with Crippen LogP contribution < -0.4 is 0 Å². The molecule has 0 aromatic carbocycles. The van der Waals surface area contributed by atoms with Crippen LogP contribution >= 0.6 is 0 Å². The quantitative estimate of drug-likeness (QED) is 0.254. The Morgan fingerprint density at radius 1 is 0.400 bits per heavy atom. The van der Waals surface area contributed by atoms with Gasteiger partial charge in [0.15, 0.2) is 0 Å². The van der Waals surface area contributed by atoms with E-state index in [-0.39, 0.29) is 0 Å². The van der Waals surface area contributed by atoms with E-state index in [0.29, 0.717) is 0 Å². The van der Waals surface area contributed by atoms with Crippen molar-refractivity contribution in [2.75, 3.05) is 26.4 Å². The highest BCUT2D eigenvalue weighted by atomic mass is 17.2. The van der Waals surface area contributed by atoms with Gasteiger partial charge in [-0.1, -0.05) is 53.4 Å². The first-order chi connectivity index (χ1) is 9.83. The van der Waals surface area contributed by atoms with Crippen LogP contribution in [0.5, 0.6) is 0 Å². The van der Waals surface area contributed by atoms with Crippen molar-refractivity contribution in [2.24, 2.45) is 0 Å². The summed E-state index contributed by atoms with van der Waals surface area (Å²) in [5, 5.41) is 0. The molecule has 0 atom stereocenters. The minimum atomic E-state index is 0.736. The Hall–Kier alpha value is -0.160. The molecule has 4 nitrogen and oxygen atoms in total. The maximum absolute atomic E-state index is 4.88. The first-order valence-corrected chi connectivity index (χ1v) is 8.32. The summed E-state index contributed by atoms with van der Waals surface area (Å²) < 4.78 is 0. The fraction of sp³-hybridized carbons (Fsp3) is 1.00. The minimum Gasteiger partial charge on any atom is -0.237 e. The molecule has 0 aliphatic heterocycles. The molecule has 0 aromatic heterocycles. The molecule has 0 radical (unpaired) electrons. The van der Waals surface area contributed by atoms with Crippen LogP contribution in [-0.2, 0) is 19.6 Å². The van der Waals surface area contributed by atoms with Crippen LogP contribution in [-0.4, -0.2) is 26.4 Å². The van der Waals surface area contributed by atoms with E-state index in [0.717, 1.165) is 77.8 Å². The average Bonchev–Trinajstić information content (AvgIpc) is 2.47. The summed E-state index contributed by atoms with van der Waals surface area (Å²) in [6, 6.07) is 0. The standard InChI is InChI=1S/2C8H18O2/c2*1-3-5-7-9-10-8-6-4-2/h2*3-8H2,1-2H3. The topological polar surface area (TPSA) is 36.9 Å². The lowest BCUT2D eigenvalue weighted by Crippen LogP contribution is -1.97. The van der Waals surface area contributed by atoms with Crippen molar-refractivity contribution in [2.45, 2.75) is 79.1 Å². The maximum Gasteiger partial charge on any atom is 0.0822 e. The van der Waals surface area contributed by atoms with E-state index >= 15 is 0 Å². The van der Waals surface area contributed by atoms with Crippen molar-refractivity contribution in [3.8, 4) is 0 Å². The van der Waals surface area contributed by atoms with Gasteiger partial charge >= 0.3 is 0 Å². The van der Waals surface area contributed by atoms with Crippen molar-refractivity contribution in [3.05, 3.63) is 0 Å². The second-order valence-electron chi connectivity index (χ2n) is 4.70. The third-order valence-electron chi connectivity index (χ3n) is 2.49. The summed E-state index contributed by atoms with van der Waals surface area (Å²) in [5.41, 5.74) is 0. The summed E-state index contributed by atoms with van der Waals surface area (Å²) in [7, 11) is 0. The number of rotatable bonds is 14. The van der Waals surface area contributed by atoms with E-state index in [1.807, 2.05) is 0 Å². The van der Waals surface area contributed by atoms with E-state index in [4.69, 9.17) is 19.6 Å². The van der Waals surface area contributed by atoms with Crippen molar-refractivity contribution < 1.29 is 19.6 Å². The Morgan fingerprint density at radius 3 is 0.750 bits per heavy atom. The molecule has 0 saturated carbocycles. The molecule has 0 bridgehead atoms. The predicted octanol–water partition coefficient (Wildman–Crippen LogP) is 5.07. The Bertz CT molecular complexity index is 110. The van der Waals surface area contributed by atoms with Gasteiger partial charge in [-0.25, -0.2) is 19.6 Å². The maximum atomic E-state index is 4.88. The lowest BCUT2D eigenvalue weighted by molar-refractivity contribution is -0.295. The molecule has 0 amide bonds. The molecule has 0 aliphatic rings. The summed E-state index contributed by atoms with van der Waals surface area (Å²) in [6.45, 7) is 11.5. The van der Waals surface area contributed by atoms with Crippen molar-refractivity contribution in [1.29, 1.82) is 0 Å². The van der Waals surface area contributed by atoms with Gasteiger partial charge in [-0.05, 0) is 25.7 Å². The zero-order valence-electron chi connectivity index (χ0n) is 14.1. The molecule has 0 saturated heterocycles. The van der Waals surface area contributed by atoms with Gasteiger partial charge in [0.1, 0.15) is 0 Å². The van der Waals surface area contributed by atoms with E-state index in [1.165, 1.54) is 0 Å². The van der Waals surface area contributed by atoms with Crippen molar-refractivity contribution in [3.63, 3.8) is 0 Å². The third kappa shape index (κ3) is 26.4. The first kappa shape index (κ1) is 22.1. The van der Waals surface area contributed by atoms with Crippen LogP contribution in [0.1, 0.15) is 79.1 Å². The summed E-state index contributed by atoms with van der Waals surface area (Å²) >= 11 is 0. The van der Waals surface area contributed by atoms with Gasteiger partial charge in [-0.15, -0.1) is 0 Å². The molecule has 0 N–H and O–H groups in total. The van der Waals surface area contributed by atoms with Gasteiger partial charge in [0.25, 0.3) is 0 Å². The molecule has 0 aromatic rings. The summed E-state index contributed by atoms with van der Waals surface area (Å²) in [6.07, 6.45) is 9.01. The molecule has 0 rings (SSSR count). The van der Waals surface area contributed by atoms with Gasteiger partial charge in [0, 0.05) is 0 Å². The van der Waals surface area contributed by atoms with Crippen LogP contribution in [0.4, 0.5) is 0 Å². The highest BCUT2D eigenvalue weighted by Gasteiger charge is 1.87. The van der Waals surface area contributed by atoms with Gasteiger partial charge in [-0.3, -0.25) is 0 Å². The number of hydrogen-bond acceptors (Lipinski definition) is 4. The highest BCUT2D eigenvalue weighted by molar-refractivity contribution is 4.29. The number of unbranched alkanes of at least 4 members (excludes halogenated alkanes) is 4. The lowest BCUT2D eigenvalue weighted by atomic mass is 10.4. The Balaban J connectivity index is 0. The van der Waals surface area contributed by atoms with Crippen LogP contribution in [0.25, 0.3) is 0 Å². The fourth-order valence-corrected chi connectivity index (χ4v) is 1.05. The molecule has 124 valence electrons. The Morgan fingerprint density at radius 2 is 0.600 bits per heavy atom. The second kappa shape index (κ2) is 23.9. The minimum absolute atomic E-state index is 0.736. The average molecular weight is 292 g/mol. The van der Waals surface area contributed by atoms with Gasteiger partial charge in [0.05, 0.1) is 26.4 Å². The van der Waals surface area contributed by atoms with E-state index < -0.39 is 0 Å². The van der Waals surface area contributed by atoms with Crippen LogP contribution in [0, 0.1) is 0 Å². The van der Waals surface area contributed by atoms with Crippen LogP contribution in [0.2, 0.25) is 0 Å². The van der Waals surface area contributed by atoms with E-state index in [2.05, 4.69) is 27.7 Å². The number of hydrogen-bond donors (Lipinski definition) is 0. The van der Waals surface area contributed by atoms with Gasteiger partial charge in [-0.2, -0.15) is 0 Å². The molecule has 0 spiro atoms. The normalized spacial score (nSPS) is 10.2. The largest absolute Gasteiger partial charge is 0.237 e. The molecular weight excluding hydrogens is 256 g/mol. The molecule has 20 heavy (non-hydrogen) atoms. The fourth-order valence-electron chi connectivity index (χ4n) is 1.05. The second-order valence-corrected chi connectivity index (χ2v) is 4.70. The zero-order chi connectivity index (χ0) is 15.3. The molecule has 4 heteroatoms. The monoisotopic (exact) mass is 292 g/mol. The Kier molecular flexibility index (Phi) is 26.4. The highest BCUT2D eigenvalue weighted by Crippen LogP contribution is 1.92. The molecule has 0 fully saturated rings. The molecular formula is C16H36O4. The molecule has 0 aliphatic carbocycles.